The highest BCUT2D eigenvalue weighted by molar-refractivity contribution is 5.99. The number of fused-ring (bicyclic) bond motifs is 2. The molecule has 0 saturated carbocycles. The minimum absolute atomic E-state index is 0.0385. The summed E-state index contributed by atoms with van der Waals surface area (Å²) in [5.74, 6) is -4.59. The van der Waals surface area contributed by atoms with E-state index < -0.39 is 89.9 Å². The van der Waals surface area contributed by atoms with Gasteiger partial charge in [0.25, 0.3) is 5.97 Å². The van der Waals surface area contributed by atoms with Gasteiger partial charge in [0.1, 0.15) is 54.7 Å². The second kappa shape index (κ2) is 29.8. The van der Waals surface area contributed by atoms with Crippen LogP contribution >= 0.6 is 0 Å². The lowest BCUT2D eigenvalue weighted by molar-refractivity contribution is -0.143. The number of para-hydroxylation sites is 1. The molecule has 426 valence electrons. The molecule has 7 atom stereocenters. The van der Waals surface area contributed by atoms with Gasteiger partial charge in [-0.1, -0.05) is 121 Å². The number of nitrogens with two attached hydrogens (primary N) is 2. The molecule has 2 aliphatic rings. The molecule has 0 radical (unpaired) electrons. The zero-order valence-electron chi connectivity index (χ0n) is 45.0. The normalized spacial score (nSPS) is 20.8. The van der Waals surface area contributed by atoms with Gasteiger partial charge in [0.05, 0.1) is 6.54 Å². The van der Waals surface area contributed by atoms with E-state index in [4.69, 9.17) is 30.8 Å². The summed E-state index contributed by atoms with van der Waals surface area (Å²) < 4.78 is 11.8. The lowest BCUT2D eigenvalue weighted by Gasteiger charge is -2.32. The molecule has 5 aromatic carbocycles. The molecule has 2 fully saturated rings. The summed E-state index contributed by atoms with van der Waals surface area (Å²) >= 11 is 0. The first-order valence-electron chi connectivity index (χ1n) is 27.0. The van der Waals surface area contributed by atoms with Crippen LogP contribution in [-0.4, -0.2) is 125 Å². The van der Waals surface area contributed by atoms with Crippen molar-refractivity contribution in [1.29, 1.82) is 0 Å². The van der Waals surface area contributed by atoms with Crippen LogP contribution in [0.4, 0.5) is 4.79 Å². The third-order valence-electron chi connectivity index (χ3n) is 13.7. The van der Waals surface area contributed by atoms with E-state index in [0.29, 0.717) is 54.0 Å². The molecule has 2 aliphatic heterocycles. The van der Waals surface area contributed by atoms with Gasteiger partial charge >= 0.3 is 6.09 Å². The van der Waals surface area contributed by atoms with Gasteiger partial charge in [-0.05, 0) is 71.8 Å². The fourth-order valence-electron chi connectivity index (χ4n) is 9.65. The number of aromatic nitrogens is 1. The van der Waals surface area contributed by atoms with E-state index in [0.717, 1.165) is 23.4 Å². The van der Waals surface area contributed by atoms with Gasteiger partial charge in [-0.2, -0.15) is 0 Å². The Balaban J connectivity index is 0.00000229. The van der Waals surface area contributed by atoms with E-state index in [-0.39, 0.29) is 51.7 Å². The first-order chi connectivity index (χ1) is 39.2. The maximum atomic E-state index is 15.3. The summed E-state index contributed by atoms with van der Waals surface area (Å²) in [6.07, 6.45) is 0.652. The van der Waals surface area contributed by atoms with Crippen molar-refractivity contribution in [2.24, 2.45) is 11.5 Å². The summed E-state index contributed by atoms with van der Waals surface area (Å²) in [6.45, 7) is 1.70. The third-order valence-corrected chi connectivity index (χ3v) is 13.7. The molecule has 81 heavy (non-hydrogen) atoms. The zero-order valence-corrected chi connectivity index (χ0v) is 45.0. The summed E-state index contributed by atoms with van der Waals surface area (Å²) in [6, 6.07) is 33.6. The van der Waals surface area contributed by atoms with Gasteiger partial charge in [-0.25, -0.2) is 4.79 Å². The summed E-state index contributed by atoms with van der Waals surface area (Å²) in [7, 11) is 0. The van der Waals surface area contributed by atoms with E-state index in [1.54, 1.807) is 85.1 Å². The Morgan fingerprint density at radius 3 is 1.84 bits per heavy atom. The SMILES string of the molecule is CC(=O)O.NCCCCC1NC(=O)C(Cc2c[nH]c3ccccc23)NC(=O)C(c2ccccc2)NC(=O)C2CC(OC(=O)NCCN)CN2C(=O)C(Cc2ccccc2)NC(=O)C(Cc2ccc(OCc3ccccc3)cc2)NC1=O. The van der Waals surface area contributed by atoms with Crippen LogP contribution < -0.4 is 48.1 Å². The molecular formula is C60H70N10O11. The van der Waals surface area contributed by atoms with Crippen LogP contribution in [0.25, 0.3) is 10.9 Å². The second-order valence-electron chi connectivity index (χ2n) is 19.8. The molecule has 6 aromatic rings. The van der Waals surface area contributed by atoms with Crippen LogP contribution in [0.3, 0.4) is 0 Å². The van der Waals surface area contributed by atoms with Crippen LogP contribution in [0.5, 0.6) is 5.75 Å². The Labute approximate surface area is 469 Å². The fraction of sp³-hybridized carbons (Fsp3) is 0.333. The molecule has 0 aliphatic carbocycles. The number of rotatable bonds is 17. The molecule has 21 nitrogen and oxygen atoms in total. The number of unbranched alkanes of at least 4 members (excludes halogenated alkanes) is 1. The fourth-order valence-corrected chi connectivity index (χ4v) is 9.65. The number of carboxylic acids is 1. The van der Waals surface area contributed by atoms with Gasteiger partial charge in [0, 0.05) is 62.8 Å². The average Bonchev–Trinajstić information content (AvgIpc) is 4.18. The molecule has 0 spiro atoms. The van der Waals surface area contributed by atoms with Crippen molar-refractivity contribution >= 4 is 58.4 Å². The van der Waals surface area contributed by atoms with E-state index >= 15 is 9.59 Å². The third kappa shape index (κ3) is 17.5. The number of nitrogens with one attached hydrogen (secondary N) is 7. The Kier molecular flexibility index (Phi) is 21.9. The number of carbonyl (C=O) groups is 8. The molecule has 21 heteroatoms. The maximum absolute atomic E-state index is 15.3. The van der Waals surface area contributed by atoms with Gasteiger partial charge in [-0.15, -0.1) is 0 Å². The molecule has 7 unspecified atom stereocenters. The number of hydrogen-bond donors (Lipinski definition) is 10. The van der Waals surface area contributed by atoms with Gasteiger partial charge in [-0.3, -0.25) is 33.6 Å². The molecule has 1 aromatic heterocycles. The van der Waals surface area contributed by atoms with Gasteiger partial charge in [0.15, 0.2) is 0 Å². The lowest BCUT2D eigenvalue weighted by atomic mass is 9.99. The molecular weight excluding hydrogens is 1040 g/mol. The van der Waals surface area contributed by atoms with Crippen molar-refractivity contribution in [2.75, 3.05) is 26.2 Å². The van der Waals surface area contributed by atoms with E-state index in [1.165, 1.54) is 4.90 Å². The highest BCUT2D eigenvalue weighted by Crippen LogP contribution is 2.26. The lowest BCUT2D eigenvalue weighted by Crippen LogP contribution is -2.61. The minimum Gasteiger partial charge on any atom is -0.489 e. The van der Waals surface area contributed by atoms with Crippen molar-refractivity contribution in [2.45, 2.75) is 101 Å². The van der Waals surface area contributed by atoms with Crippen molar-refractivity contribution in [3.63, 3.8) is 0 Å². The minimum atomic E-state index is -1.42. The topological polar surface area (TPSA) is 318 Å². The van der Waals surface area contributed by atoms with Crippen LogP contribution in [0, 0.1) is 0 Å². The standard InChI is InChI=1S/C58H66N10O9.C2H4O2/c59-27-13-12-22-46-52(69)64-47(30-38-23-25-42(26-24-38)76-36-39-16-6-2-7-17-39)53(70)66-49(31-37-14-4-1-5-15-37)57(74)68-35-43(77-58(75)61-29-28-60)33-50(68)55(72)67-51(40-18-8-3-9-19-40)56(73)65-48(54(71)63-46)32-41-34-62-45-21-11-10-20-44(41)45;1-2(3)4/h1-11,14-21,23-26,34,43,46-51,62H,12-13,22,27-33,35-36,59-60H2,(H,61,75)(H,63,71)(H,64,69)(H,65,73)(H,66,70)(H,67,72);1H3,(H,3,4). The predicted molar refractivity (Wildman–Crippen MR) is 302 cm³/mol. The quantitative estimate of drug-likeness (QED) is 0.0586. The zero-order chi connectivity index (χ0) is 57.7. The average molecular weight is 1110 g/mol. The number of H-pyrrole nitrogens is 1. The number of ether oxygens (including phenoxy) is 2. The van der Waals surface area contributed by atoms with Gasteiger partial charge in [0.2, 0.25) is 35.4 Å². The number of nitrogens with zero attached hydrogens (tertiary/aromatic N) is 1. The number of hydrogen-bond acceptors (Lipinski definition) is 12. The molecule has 7 amide bonds. The summed E-state index contributed by atoms with van der Waals surface area (Å²) in [5.41, 5.74) is 15.7. The van der Waals surface area contributed by atoms with Crippen LogP contribution in [0.15, 0.2) is 146 Å². The van der Waals surface area contributed by atoms with E-state index in [9.17, 15) is 24.0 Å². The molecule has 8 rings (SSSR count). The summed E-state index contributed by atoms with van der Waals surface area (Å²) in [4.78, 5) is 116. The number of benzene rings is 5. The first kappa shape index (κ1) is 59.6. The van der Waals surface area contributed by atoms with Crippen molar-refractivity contribution in [1.82, 2.24) is 41.8 Å². The van der Waals surface area contributed by atoms with Crippen LogP contribution in [0.2, 0.25) is 0 Å². The second-order valence-corrected chi connectivity index (χ2v) is 19.8. The molecule has 12 N–H and O–H groups in total. The van der Waals surface area contributed by atoms with E-state index in [1.807, 2.05) is 60.7 Å². The number of aliphatic carboxylic acids is 1. The van der Waals surface area contributed by atoms with Crippen LogP contribution in [0.1, 0.15) is 66.5 Å². The molecule has 2 saturated heterocycles. The monoisotopic (exact) mass is 1110 g/mol. The largest absolute Gasteiger partial charge is 0.489 e. The molecule has 3 heterocycles. The summed E-state index contributed by atoms with van der Waals surface area (Å²) in [5, 5.41) is 25.3. The van der Waals surface area contributed by atoms with Gasteiger partial charge < -0.3 is 67.8 Å². The van der Waals surface area contributed by atoms with Crippen molar-refractivity contribution < 1.29 is 52.9 Å². The Morgan fingerprint density at radius 1 is 0.617 bits per heavy atom. The predicted octanol–water partition coefficient (Wildman–Crippen LogP) is 3.46. The Hall–Kier alpha value is -9.08. The number of carbonyl (C=O) groups excluding carboxylic acids is 7. The van der Waals surface area contributed by atoms with E-state index in [2.05, 4.69) is 36.9 Å². The van der Waals surface area contributed by atoms with Crippen LogP contribution in [-0.2, 0) is 64.2 Å². The Morgan fingerprint density at radius 2 is 1.17 bits per heavy atom. The number of amides is 7. The smallest absolute Gasteiger partial charge is 0.407 e. The first-order valence-corrected chi connectivity index (χ1v) is 27.0. The molecule has 0 bridgehead atoms. The highest BCUT2D eigenvalue weighted by atomic mass is 16.6. The van der Waals surface area contributed by atoms with Crippen molar-refractivity contribution in [3.8, 4) is 5.75 Å². The highest BCUT2D eigenvalue weighted by Gasteiger charge is 2.45. The maximum Gasteiger partial charge on any atom is 0.407 e. The number of alkyl carbamates (subject to hydrolysis) is 1. The van der Waals surface area contributed by atoms with Crippen molar-refractivity contribution in [3.05, 3.63) is 174 Å². The Bertz CT molecular complexity index is 3070. The number of carboxylic acid groups (broad SMARTS) is 1. The number of aromatic amines is 1.